The van der Waals surface area contributed by atoms with Crippen LogP contribution in [0.2, 0.25) is 0 Å². The number of likely N-dealkylation sites (tertiary alicyclic amines) is 1. The Morgan fingerprint density at radius 3 is 2.67 bits per heavy atom. The van der Waals surface area contributed by atoms with Gasteiger partial charge in [0.2, 0.25) is 0 Å². The van der Waals surface area contributed by atoms with Gasteiger partial charge < -0.3 is 15.0 Å². The van der Waals surface area contributed by atoms with E-state index in [-0.39, 0.29) is 0 Å². The first kappa shape index (κ1) is 14.3. The first-order valence-electron chi connectivity index (χ1n) is 7.85. The van der Waals surface area contributed by atoms with Gasteiger partial charge in [-0.25, -0.2) is 0 Å². The number of rotatable bonds is 6. The number of piperidine rings is 1. The fraction of sp³-hybridized carbons (Fsp3) is 1.00. The molecule has 2 saturated heterocycles. The van der Waals surface area contributed by atoms with E-state index in [1.165, 1.54) is 58.2 Å². The van der Waals surface area contributed by atoms with Crippen LogP contribution >= 0.6 is 0 Å². The lowest BCUT2D eigenvalue weighted by Crippen LogP contribution is -2.50. The fourth-order valence-corrected chi connectivity index (χ4v) is 3.35. The Morgan fingerprint density at radius 2 is 2.00 bits per heavy atom. The molecule has 1 N–H and O–H groups in total. The van der Waals surface area contributed by atoms with Gasteiger partial charge in [0.1, 0.15) is 0 Å². The minimum Gasteiger partial charge on any atom is -0.381 e. The molecule has 3 heteroatoms. The van der Waals surface area contributed by atoms with Crippen molar-refractivity contribution >= 4 is 0 Å². The monoisotopic (exact) mass is 254 g/mol. The Morgan fingerprint density at radius 1 is 1.17 bits per heavy atom. The van der Waals surface area contributed by atoms with Crippen LogP contribution in [0.4, 0.5) is 0 Å². The molecule has 0 spiro atoms. The average molecular weight is 254 g/mol. The number of nitrogens with one attached hydrogen (secondary N) is 1. The molecule has 2 aliphatic rings. The Balaban J connectivity index is 1.85. The molecule has 0 aliphatic carbocycles. The van der Waals surface area contributed by atoms with Gasteiger partial charge in [-0.15, -0.1) is 0 Å². The summed E-state index contributed by atoms with van der Waals surface area (Å²) in [5.41, 5.74) is 0.380. The molecule has 0 aromatic carbocycles. The molecular weight excluding hydrogens is 224 g/mol. The van der Waals surface area contributed by atoms with Crippen molar-refractivity contribution in [3.8, 4) is 0 Å². The first-order chi connectivity index (χ1) is 8.85. The maximum absolute atomic E-state index is 5.79. The summed E-state index contributed by atoms with van der Waals surface area (Å²) >= 11 is 0. The first-order valence-corrected chi connectivity index (χ1v) is 7.85. The van der Waals surface area contributed by atoms with Crippen LogP contribution in [0.25, 0.3) is 0 Å². The molecule has 1 atom stereocenters. The smallest absolute Gasteiger partial charge is 0.0546 e. The summed E-state index contributed by atoms with van der Waals surface area (Å²) < 4.78 is 5.79. The van der Waals surface area contributed by atoms with Crippen LogP contribution in [0, 0.1) is 5.41 Å². The molecule has 106 valence electrons. The van der Waals surface area contributed by atoms with Gasteiger partial charge in [-0.1, -0.05) is 13.3 Å². The van der Waals surface area contributed by atoms with E-state index in [0.29, 0.717) is 5.41 Å². The van der Waals surface area contributed by atoms with E-state index < -0.39 is 0 Å². The molecule has 0 aromatic heterocycles. The Hall–Kier alpha value is -0.120. The molecule has 1 unspecified atom stereocenters. The number of hydrogen-bond donors (Lipinski definition) is 1. The highest BCUT2D eigenvalue weighted by Crippen LogP contribution is 2.30. The zero-order valence-corrected chi connectivity index (χ0v) is 12.0. The van der Waals surface area contributed by atoms with Gasteiger partial charge in [0.05, 0.1) is 6.61 Å². The standard InChI is InChI=1S/C15H30N2O/c1-2-8-16-12-15(7-6-11-18-14-15)13-17-9-4-3-5-10-17/h16H,2-14H2,1H3. The van der Waals surface area contributed by atoms with Crippen LogP contribution in [0.1, 0.15) is 45.4 Å². The van der Waals surface area contributed by atoms with Crippen molar-refractivity contribution in [1.29, 1.82) is 0 Å². The third-order valence-corrected chi connectivity index (χ3v) is 4.34. The van der Waals surface area contributed by atoms with Crippen molar-refractivity contribution < 1.29 is 4.74 Å². The third-order valence-electron chi connectivity index (χ3n) is 4.34. The van der Waals surface area contributed by atoms with Gasteiger partial charge >= 0.3 is 0 Å². The SMILES string of the molecule is CCCNCC1(CN2CCCCC2)CCCOC1. The van der Waals surface area contributed by atoms with E-state index in [1.54, 1.807) is 0 Å². The minimum absolute atomic E-state index is 0.380. The van der Waals surface area contributed by atoms with E-state index in [1.807, 2.05) is 0 Å². The third kappa shape index (κ3) is 4.22. The highest BCUT2D eigenvalue weighted by molar-refractivity contribution is 4.88. The lowest BCUT2D eigenvalue weighted by molar-refractivity contribution is -0.0285. The normalized spacial score (nSPS) is 30.5. The molecule has 2 heterocycles. The Kier molecular flexibility index (Phi) is 5.93. The van der Waals surface area contributed by atoms with Crippen LogP contribution in [-0.4, -0.2) is 50.8 Å². The Bertz CT molecular complexity index is 221. The lowest BCUT2D eigenvalue weighted by Gasteiger charge is -2.42. The summed E-state index contributed by atoms with van der Waals surface area (Å²) in [5.74, 6) is 0. The van der Waals surface area contributed by atoms with E-state index in [4.69, 9.17) is 4.74 Å². The van der Waals surface area contributed by atoms with E-state index in [0.717, 1.165) is 26.3 Å². The van der Waals surface area contributed by atoms with Crippen LogP contribution in [0.5, 0.6) is 0 Å². The van der Waals surface area contributed by atoms with Crippen molar-refractivity contribution in [2.45, 2.75) is 45.4 Å². The molecule has 2 aliphatic heterocycles. The summed E-state index contributed by atoms with van der Waals surface area (Å²) in [6.07, 6.45) is 8.00. The summed E-state index contributed by atoms with van der Waals surface area (Å²) in [4.78, 5) is 2.67. The lowest BCUT2D eigenvalue weighted by atomic mass is 9.81. The van der Waals surface area contributed by atoms with Crippen molar-refractivity contribution in [2.75, 3.05) is 45.9 Å². The molecule has 18 heavy (non-hydrogen) atoms. The molecule has 3 nitrogen and oxygen atoms in total. The number of hydrogen-bond acceptors (Lipinski definition) is 3. The zero-order chi connectivity index (χ0) is 12.7. The van der Waals surface area contributed by atoms with Crippen LogP contribution in [0.15, 0.2) is 0 Å². The van der Waals surface area contributed by atoms with E-state index in [9.17, 15) is 0 Å². The van der Waals surface area contributed by atoms with E-state index >= 15 is 0 Å². The maximum atomic E-state index is 5.79. The second-order valence-electron chi connectivity index (χ2n) is 6.17. The van der Waals surface area contributed by atoms with Crippen LogP contribution in [-0.2, 0) is 4.74 Å². The van der Waals surface area contributed by atoms with Gasteiger partial charge in [-0.3, -0.25) is 0 Å². The number of nitrogens with zero attached hydrogens (tertiary/aromatic N) is 1. The van der Waals surface area contributed by atoms with Crippen molar-refractivity contribution in [3.63, 3.8) is 0 Å². The summed E-state index contributed by atoms with van der Waals surface area (Å²) in [6.45, 7) is 10.3. The number of ether oxygens (including phenoxy) is 1. The van der Waals surface area contributed by atoms with Crippen LogP contribution in [0.3, 0.4) is 0 Å². The highest BCUT2D eigenvalue weighted by atomic mass is 16.5. The summed E-state index contributed by atoms with van der Waals surface area (Å²) in [6, 6.07) is 0. The van der Waals surface area contributed by atoms with Gasteiger partial charge in [0.25, 0.3) is 0 Å². The van der Waals surface area contributed by atoms with Gasteiger partial charge in [-0.2, -0.15) is 0 Å². The minimum atomic E-state index is 0.380. The summed E-state index contributed by atoms with van der Waals surface area (Å²) in [5, 5.41) is 3.63. The molecule has 2 fully saturated rings. The quantitative estimate of drug-likeness (QED) is 0.736. The van der Waals surface area contributed by atoms with Gasteiger partial charge in [-0.05, 0) is 51.7 Å². The molecule has 2 rings (SSSR count). The largest absolute Gasteiger partial charge is 0.381 e. The fourth-order valence-electron chi connectivity index (χ4n) is 3.35. The van der Waals surface area contributed by atoms with Gasteiger partial charge in [0, 0.05) is 25.1 Å². The summed E-state index contributed by atoms with van der Waals surface area (Å²) in [7, 11) is 0. The molecule has 0 radical (unpaired) electrons. The van der Waals surface area contributed by atoms with E-state index in [2.05, 4.69) is 17.1 Å². The molecule has 0 aromatic rings. The topological polar surface area (TPSA) is 24.5 Å². The van der Waals surface area contributed by atoms with Crippen molar-refractivity contribution in [1.82, 2.24) is 10.2 Å². The highest BCUT2D eigenvalue weighted by Gasteiger charge is 2.34. The molecule has 0 bridgehead atoms. The zero-order valence-electron chi connectivity index (χ0n) is 12.0. The predicted molar refractivity (Wildman–Crippen MR) is 75.9 cm³/mol. The average Bonchev–Trinajstić information content (AvgIpc) is 2.41. The predicted octanol–water partition coefficient (Wildman–Crippen LogP) is 2.27. The second-order valence-corrected chi connectivity index (χ2v) is 6.17. The van der Waals surface area contributed by atoms with Gasteiger partial charge in [0.15, 0.2) is 0 Å². The molecule has 0 saturated carbocycles. The maximum Gasteiger partial charge on any atom is 0.0546 e. The van der Waals surface area contributed by atoms with Crippen molar-refractivity contribution in [2.24, 2.45) is 5.41 Å². The van der Waals surface area contributed by atoms with Crippen LogP contribution < -0.4 is 5.32 Å². The van der Waals surface area contributed by atoms with Crippen molar-refractivity contribution in [3.05, 3.63) is 0 Å². The molecule has 0 amide bonds. The molecular formula is C15H30N2O. The Labute approximate surface area is 112 Å². The second kappa shape index (κ2) is 7.46.